The third-order valence-corrected chi connectivity index (χ3v) is 3.10. The van der Waals surface area contributed by atoms with Crippen LogP contribution in [0.4, 0.5) is 0 Å². The maximum absolute atomic E-state index is 11.2. The SMILES string of the molecule is CNC(C)(CCn1cc(I)cn1)C(N)=O. The average Bonchev–Trinajstić information content (AvgIpc) is 2.60. The second kappa shape index (κ2) is 4.93. The Balaban J connectivity index is 2.59. The predicted molar refractivity (Wildman–Crippen MR) is 66.2 cm³/mol. The molecule has 1 atom stereocenters. The lowest BCUT2D eigenvalue weighted by Gasteiger charge is -2.25. The molecule has 3 N–H and O–H groups in total. The first-order valence-electron chi connectivity index (χ1n) is 4.65. The Hall–Kier alpha value is -0.630. The molecule has 0 radical (unpaired) electrons. The van der Waals surface area contributed by atoms with E-state index in [2.05, 4.69) is 33.0 Å². The highest BCUT2D eigenvalue weighted by atomic mass is 127. The molecule has 0 fully saturated rings. The summed E-state index contributed by atoms with van der Waals surface area (Å²) >= 11 is 2.19. The minimum atomic E-state index is -0.669. The molecule has 0 aliphatic rings. The van der Waals surface area contributed by atoms with Crippen LogP contribution in [0, 0.1) is 3.57 Å². The predicted octanol–water partition coefficient (Wildman–Crippen LogP) is 0.341. The monoisotopic (exact) mass is 322 g/mol. The van der Waals surface area contributed by atoms with Crippen LogP contribution in [-0.2, 0) is 11.3 Å². The largest absolute Gasteiger partial charge is 0.368 e. The molecule has 1 aromatic rings. The number of aryl methyl sites for hydroxylation is 1. The molecule has 5 nitrogen and oxygen atoms in total. The van der Waals surface area contributed by atoms with Gasteiger partial charge in [-0.15, -0.1) is 0 Å². The topological polar surface area (TPSA) is 72.9 Å². The number of hydrogen-bond donors (Lipinski definition) is 2. The molecule has 1 heterocycles. The van der Waals surface area contributed by atoms with Crippen molar-refractivity contribution in [2.45, 2.75) is 25.4 Å². The quantitative estimate of drug-likeness (QED) is 0.768. The first-order valence-corrected chi connectivity index (χ1v) is 5.72. The first-order chi connectivity index (χ1) is 6.98. The molecule has 0 spiro atoms. The van der Waals surface area contributed by atoms with Crippen molar-refractivity contribution in [2.24, 2.45) is 5.73 Å². The molecule has 0 aliphatic carbocycles. The van der Waals surface area contributed by atoms with Crippen molar-refractivity contribution in [2.75, 3.05) is 7.05 Å². The van der Waals surface area contributed by atoms with E-state index in [1.807, 2.05) is 6.20 Å². The van der Waals surface area contributed by atoms with E-state index in [4.69, 9.17) is 5.73 Å². The van der Waals surface area contributed by atoms with E-state index in [1.54, 1.807) is 24.9 Å². The summed E-state index contributed by atoms with van der Waals surface area (Å²) in [5.74, 6) is -0.341. The molecule has 15 heavy (non-hydrogen) atoms. The number of nitrogens with two attached hydrogens (primary N) is 1. The van der Waals surface area contributed by atoms with Gasteiger partial charge in [-0.1, -0.05) is 0 Å². The van der Waals surface area contributed by atoms with Crippen molar-refractivity contribution in [1.29, 1.82) is 0 Å². The van der Waals surface area contributed by atoms with Crippen molar-refractivity contribution in [1.82, 2.24) is 15.1 Å². The van der Waals surface area contributed by atoms with Gasteiger partial charge in [-0.2, -0.15) is 5.10 Å². The lowest BCUT2D eigenvalue weighted by molar-refractivity contribution is -0.124. The van der Waals surface area contributed by atoms with E-state index in [9.17, 15) is 4.79 Å². The van der Waals surface area contributed by atoms with Gasteiger partial charge in [0.2, 0.25) is 5.91 Å². The highest BCUT2D eigenvalue weighted by Gasteiger charge is 2.28. The van der Waals surface area contributed by atoms with Crippen molar-refractivity contribution < 1.29 is 4.79 Å². The molecule has 1 unspecified atom stereocenters. The highest BCUT2D eigenvalue weighted by molar-refractivity contribution is 14.1. The number of likely N-dealkylation sites (N-methyl/N-ethyl adjacent to an activating group) is 1. The van der Waals surface area contributed by atoms with E-state index in [0.29, 0.717) is 13.0 Å². The van der Waals surface area contributed by atoms with Gasteiger partial charge in [0.25, 0.3) is 0 Å². The number of carbonyl (C=O) groups excluding carboxylic acids is 1. The molecular weight excluding hydrogens is 307 g/mol. The molecule has 1 amide bonds. The van der Waals surface area contributed by atoms with E-state index >= 15 is 0 Å². The smallest absolute Gasteiger partial charge is 0.237 e. The van der Waals surface area contributed by atoms with Crippen molar-refractivity contribution in [3.63, 3.8) is 0 Å². The van der Waals surface area contributed by atoms with Gasteiger partial charge in [-0.3, -0.25) is 9.48 Å². The van der Waals surface area contributed by atoms with Crippen LogP contribution in [-0.4, -0.2) is 28.3 Å². The summed E-state index contributed by atoms with van der Waals surface area (Å²) in [5, 5.41) is 7.08. The molecule has 0 aliphatic heterocycles. The van der Waals surface area contributed by atoms with E-state index < -0.39 is 5.54 Å². The number of nitrogens with zero attached hydrogens (tertiary/aromatic N) is 2. The Morgan fingerprint density at radius 1 is 1.80 bits per heavy atom. The molecular formula is C9H15IN4O. The van der Waals surface area contributed by atoms with Gasteiger partial charge in [0, 0.05) is 12.7 Å². The maximum Gasteiger partial charge on any atom is 0.237 e. The fourth-order valence-electron chi connectivity index (χ4n) is 1.17. The number of nitrogens with one attached hydrogen (secondary N) is 1. The zero-order chi connectivity index (χ0) is 11.5. The van der Waals surface area contributed by atoms with Crippen LogP contribution >= 0.6 is 22.6 Å². The summed E-state index contributed by atoms with van der Waals surface area (Å²) in [5.41, 5.74) is 4.65. The fourth-order valence-corrected chi connectivity index (χ4v) is 1.62. The van der Waals surface area contributed by atoms with Crippen LogP contribution in [0.1, 0.15) is 13.3 Å². The molecule has 0 saturated carbocycles. The van der Waals surface area contributed by atoms with Crippen LogP contribution in [0.2, 0.25) is 0 Å². The molecule has 6 heteroatoms. The number of carbonyl (C=O) groups is 1. The standard InChI is InChI=1S/C9H15IN4O/c1-9(12-2,8(11)15)3-4-14-6-7(10)5-13-14/h5-6,12H,3-4H2,1-2H3,(H2,11,15). The van der Waals surface area contributed by atoms with Gasteiger partial charge in [-0.25, -0.2) is 0 Å². The molecule has 0 aromatic carbocycles. The van der Waals surface area contributed by atoms with E-state index in [0.717, 1.165) is 3.57 Å². The van der Waals surface area contributed by atoms with E-state index in [-0.39, 0.29) is 5.91 Å². The van der Waals surface area contributed by atoms with Gasteiger partial charge in [0.05, 0.1) is 15.3 Å². The minimum absolute atomic E-state index is 0.341. The fraction of sp³-hybridized carbons (Fsp3) is 0.556. The number of aromatic nitrogens is 2. The number of primary amides is 1. The Morgan fingerprint density at radius 2 is 2.47 bits per heavy atom. The van der Waals surface area contributed by atoms with Crippen molar-refractivity contribution >= 4 is 28.5 Å². The lowest BCUT2D eigenvalue weighted by atomic mass is 9.97. The van der Waals surface area contributed by atoms with E-state index in [1.165, 1.54) is 0 Å². The van der Waals surface area contributed by atoms with Crippen molar-refractivity contribution in [3.8, 4) is 0 Å². The minimum Gasteiger partial charge on any atom is -0.368 e. The number of rotatable bonds is 5. The van der Waals surface area contributed by atoms with Crippen LogP contribution < -0.4 is 11.1 Å². The maximum atomic E-state index is 11.2. The molecule has 1 aromatic heterocycles. The molecule has 84 valence electrons. The first kappa shape index (κ1) is 12.4. The van der Waals surface area contributed by atoms with Gasteiger partial charge >= 0.3 is 0 Å². The summed E-state index contributed by atoms with van der Waals surface area (Å²) in [7, 11) is 1.73. The Bertz CT molecular complexity index is 352. The van der Waals surface area contributed by atoms with Gasteiger partial charge in [0.1, 0.15) is 0 Å². The molecule has 0 bridgehead atoms. The van der Waals surface area contributed by atoms with Gasteiger partial charge in [-0.05, 0) is 43.0 Å². The Morgan fingerprint density at radius 3 is 2.87 bits per heavy atom. The number of amides is 1. The average molecular weight is 322 g/mol. The Labute approximate surface area is 103 Å². The van der Waals surface area contributed by atoms with Crippen LogP contribution in [0.5, 0.6) is 0 Å². The summed E-state index contributed by atoms with van der Waals surface area (Å²) in [4.78, 5) is 11.2. The van der Waals surface area contributed by atoms with Gasteiger partial charge < -0.3 is 11.1 Å². The summed E-state index contributed by atoms with van der Waals surface area (Å²) in [6, 6.07) is 0. The number of hydrogen-bond acceptors (Lipinski definition) is 3. The van der Waals surface area contributed by atoms with Crippen molar-refractivity contribution in [3.05, 3.63) is 16.0 Å². The third kappa shape index (κ3) is 3.16. The Kier molecular flexibility index (Phi) is 4.09. The zero-order valence-corrected chi connectivity index (χ0v) is 11.0. The molecule has 1 rings (SSSR count). The van der Waals surface area contributed by atoms with Gasteiger partial charge in [0.15, 0.2) is 0 Å². The third-order valence-electron chi connectivity index (χ3n) is 2.54. The second-order valence-electron chi connectivity index (χ2n) is 3.62. The zero-order valence-electron chi connectivity index (χ0n) is 8.83. The lowest BCUT2D eigenvalue weighted by Crippen LogP contribution is -2.52. The summed E-state index contributed by atoms with van der Waals surface area (Å²) < 4.78 is 2.89. The van der Waals surface area contributed by atoms with Crippen LogP contribution in [0.15, 0.2) is 12.4 Å². The summed E-state index contributed by atoms with van der Waals surface area (Å²) in [6.45, 7) is 2.47. The highest BCUT2D eigenvalue weighted by Crippen LogP contribution is 2.10. The molecule has 0 saturated heterocycles. The normalized spacial score (nSPS) is 14.9. The second-order valence-corrected chi connectivity index (χ2v) is 4.86. The van der Waals surface area contributed by atoms with Crippen LogP contribution in [0.3, 0.4) is 0 Å². The number of halogens is 1. The van der Waals surface area contributed by atoms with Crippen LogP contribution in [0.25, 0.3) is 0 Å². The summed E-state index contributed by atoms with van der Waals surface area (Å²) in [6.07, 6.45) is 4.33.